The quantitative estimate of drug-likeness (QED) is 0.781. The summed E-state index contributed by atoms with van der Waals surface area (Å²) in [6, 6.07) is 4.32. The topological polar surface area (TPSA) is 37.3 Å². The standard InChI is InChI=1S/C13H15FO2/c14-13-7-11(16)5-6-12(13)10-3-1-9(8-15)2-4-10/h5-10,16H,1-4H2. The molecule has 0 spiro atoms. The van der Waals surface area contributed by atoms with Crippen molar-refractivity contribution in [2.24, 2.45) is 5.92 Å². The fourth-order valence-electron chi connectivity index (χ4n) is 2.41. The molecule has 1 aromatic rings. The largest absolute Gasteiger partial charge is 0.508 e. The van der Waals surface area contributed by atoms with Gasteiger partial charge >= 0.3 is 0 Å². The van der Waals surface area contributed by atoms with Gasteiger partial charge in [-0.05, 0) is 43.2 Å². The Morgan fingerprint density at radius 3 is 2.50 bits per heavy atom. The molecule has 0 radical (unpaired) electrons. The van der Waals surface area contributed by atoms with Gasteiger partial charge in [0.05, 0.1) is 0 Å². The number of rotatable bonds is 2. The van der Waals surface area contributed by atoms with E-state index in [2.05, 4.69) is 0 Å². The molecular formula is C13H15FO2. The molecular weight excluding hydrogens is 207 g/mol. The third-order valence-corrected chi connectivity index (χ3v) is 3.39. The van der Waals surface area contributed by atoms with Gasteiger partial charge in [0.2, 0.25) is 0 Å². The predicted molar refractivity (Wildman–Crippen MR) is 58.8 cm³/mol. The van der Waals surface area contributed by atoms with Crippen LogP contribution in [-0.2, 0) is 4.79 Å². The highest BCUT2D eigenvalue weighted by Gasteiger charge is 2.23. The summed E-state index contributed by atoms with van der Waals surface area (Å²) in [6.07, 6.45) is 4.39. The summed E-state index contributed by atoms with van der Waals surface area (Å²) in [5.41, 5.74) is 0.669. The number of carbonyl (C=O) groups excluding carboxylic acids is 1. The molecule has 0 unspecified atom stereocenters. The Balaban J connectivity index is 2.11. The van der Waals surface area contributed by atoms with Crippen LogP contribution < -0.4 is 0 Å². The Hall–Kier alpha value is -1.38. The van der Waals surface area contributed by atoms with Crippen LogP contribution in [0.1, 0.15) is 37.2 Å². The molecule has 3 heteroatoms. The maximum atomic E-state index is 13.6. The minimum Gasteiger partial charge on any atom is -0.508 e. The van der Waals surface area contributed by atoms with Crippen LogP contribution in [-0.4, -0.2) is 11.4 Å². The zero-order valence-electron chi connectivity index (χ0n) is 9.03. The summed E-state index contributed by atoms with van der Waals surface area (Å²) in [7, 11) is 0. The van der Waals surface area contributed by atoms with Gasteiger partial charge in [0.1, 0.15) is 17.9 Å². The second-order valence-corrected chi connectivity index (χ2v) is 4.45. The van der Waals surface area contributed by atoms with E-state index in [0.29, 0.717) is 5.56 Å². The highest BCUT2D eigenvalue weighted by molar-refractivity contribution is 5.53. The number of hydrogen-bond donors (Lipinski definition) is 1. The van der Waals surface area contributed by atoms with E-state index in [1.807, 2.05) is 0 Å². The molecule has 2 rings (SSSR count). The number of aromatic hydroxyl groups is 1. The molecule has 1 saturated carbocycles. The van der Waals surface area contributed by atoms with Gasteiger partial charge in [-0.2, -0.15) is 0 Å². The number of halogens is 1. The first-order valence-corrected chi connectivity index (χ1v) is 5.64. The van der Waals surface area contributed by atoms with Crippen LogP contribution in [0.2, 0.25) is 0 Å². The summed E-state index contributed by atoms with van der Waals surface area (Å²) in [5, 5.41) is 9.13. The van der Waals surface area contributed by atoms with E-state index >= 15 is 0 Å². The molecule has 1 N–H and O–H groups in total. The van der Waals surface area contributed by atoms with E-state index in [1.165, 1.54) is 6.07 Å². The molecule has 0 bridgehead atoms. The number of carbonyl (C=O) groups is 1. The Morgan fingerprint density at radius 1 is 1.25 bits per heavy atom. The average molecular weight is 222 g/mol. The van der Waals surface area contributed by atoms with E-state index in [4.69, 9.17) is 5.11 Å². The van der Waals surface area contributed by atoms with Crippen LogP contribution in [0.25, 0.3) is 0 Å². The first-order valence-electron chi connectivity index (χ1n) is 5.64. The molecule has 0 amide bonds. The smallest absolute Gasteiger partial charge is 0.130 e. The van der Waals surface area contributed by atoms with Crippen molar-refractivity contribution in [3.05, 3.63) is 29.6 Å². The SMILES string of the molecule is O=CC1CCC(c2ccc(O)cc2F)CC1. The Morgan fingerprint density at radius 2 is 1.94 bits per heavy atom. The van der Waals surface area contributed by atoms with Gasteiger partial charge in [0.15, 0.2) is 0 Å². The lowest BCUT2D eigenvalue weighted by atomic mass is 9.79. The maximum absolute atomic E-state index is 13.6. The molecule has 1 aliphatic rings. The van der Waals surface area contributed by atoms with Crippen molar-refractivity contribution in [3.63, 3.8) is 0 Å². The van der Waals surface area contributed by atoms with Crippen LogP contribution in [0.4, 0.5) is 4.39 Å². The normalized spacial score (nSPS) is 25.3. The van der Waals surface area contributed by atoms with E-state index in [0.717, 1.165) is 38.0 Å². The summed E-state index contributed by atoms with van der Waals surface area (Å²) in [5.74, 6) is -0.0365. The van der Waals surface area contributed by atoms with Gasteiger partial charge in [-0.1, -0.05) is 6.07 Å². The van der Waals surface area contributed by atoms with E-state index in [9.17, 15) is 9.18 Å². The van der Waals surface area contributed by atoms with Gasteiger partial charge in [0.25, 0.3) is 0 Å². The molecule has 1 aromatic carbocycles. The molecule has 16 heavy (non-hydrogen) atoms. The fraction of sp³-hybridized carbons (Fsp3) is 0.462. The second-order valence-electron chi connectivity index (χ2n) is 4.45. The Bertz CT molecular complexity index is 382. The lowest BCUT2D eigenvalue weighted by Gasteiger charge is -2.25. The maximum Gasteiger partial charge on any atom is 0.130 e. The Kier molecular flexibility index (Phi) is 3.22. The molecule has 0 aromatic heterocycles. The molecule has 0 saturated heterocycles. The summed E-state index contributed by atoms with van der Waals surface area (Å²) >= 11 is 0. The zero-order chi connectivity index (χ0) is 11.5. The summed E-state index contributed by atoms with van der Waals surface area (Å²) in [4.78, 5) is 10.6. The number of hydrogen-bond acceptors (Lipinski definition) is 2. The Labute approximate surface area is 94.1 Å². The van der Waals surface area contributed by atoms with Crippen LogP contribution >= 0.6 is 0 Å². The van der Waals surface area contributed by atoms with Gasteiger partial charge in [0, 0.05) is 12.0 Å². The third-order valence-electron chi connectivity index (χ3n) is 3.39. The van der Waals surface area contributed by atoms with Crippen molar-refractivity contribution in [3.8, 4) is 5.75 Å². The average Bonchev–Trinajstić information content (AvgIpc) is 2.29. The molecule has 1 aliphatic carbocycles. The number of aldehydes is 1. The first kappa shape index (κ1) is 11.1. The molecule has 1 fully saturated rings. The van der Waals surface area contributed by atoms with Crippen molar-refractivity contribution in [1.82, 2.24) is 0 Å². The van der Waals surface area contributed by atoms with Gasteiger partial charge in [-0.3, -0.25) is 0 Å². The van der Waals surface area contributed by atoms with Crippen molar-refractivity contribution in [2.75, 3.05) is 0 Å². The first-order chi connectivity index (χ1) is 7.70. The van der Waals surface area contributed by atoms with Gasteiger partial charge in [-0.15, -0.1) is 0 Å². The van der Waals surface area contributed by atoms with Crippen molar-refractivity contribution in [2.45, 2.75) is 31.6 Å². The number of phenolic OH excluding ortho intramolecular Hbond substituents is 1. The van der Waals surface area contributed by atoms with Crippen LogP contribution in [0.15, 0.2) is 18.2 Å². The third kappa shape index (κ3) is 2.23. The fourth-order valence-corrected chi connectivity index (χ4v) is 2.41. The van der Waals surface area contributed by atoms with Gasteiger partial charge < -0.3 is 9.90 Å². The molecule has 0 aliphatic heterocycles. The number of benzene rings is 1. The molecule has 86 valence electrons. The lowest BCUT2D eigenvalue weighted by molar-refractivity contribution is -0.111. The number of phenols is 1. The lowest BCUT2D eigenvalue weighted by Crippen LogP contribution is -2.14. The van der Waals surface area contributed by atoms with Crippen molar-refractivity contribution in [1.29, 1.82) is 0 Å². The second kappa shape index (κ2) is 4.64. The highest BCUT2D eigenvalue weighted by Crippen LogP contribution is 2.36. The van der Waals surface area contributed by atoms with E-state index in [-0.39, 0.29) is 23.4 Å². The zero-order valence-corrected chi connectivity index (χ0v) is 9.03. The van der Waals surface area contributed by atoms with E-state index in [1.54, 1.807) is 6.07 Å². The monoisotopic (exact) mass is 222 g/mol. The van der Waals surface area contributed by atoms with Crippen LogP contribution in [0.3, 0.4) is 0 Å². The van der Waals surface area contributed by atoms with Gasteiger partial charge in [-0.25, -0.2) is 4.39 Å². The predicted octanol–water partition coefficient (Wildman–Crippen LogP) is 3.00. The van der Waals surface area contributed by atoms with E-state index < -0.39 is 0 Å². The van der Waals surface area contributed by atoms with Crippen LogP contribution in [0, 0.1) is 11.7 Å². The van der Waals surface area contributed by atoms with Crippen molar-refractivity contribution < 1.29 is 14.3 Å². The summed E-state index contributed by atoms with van der Waals surface area (Å²) in [6.45, 7) is 0. The highest BCUT2D eigenvalue weighted by atomic mass is 19.1. The minimum absolute atomic E-state index is 0.0390. The van der Waals surface area contributed by atoms with Crippen LogP contribution in [0.5, 0.6) is 5.75 Å². The molecule has 2 nitrogen and oxygen atoms in total. The molecule has 0 heterocycles. The van der Waals surface area contributed by atoms with Crippen molar-refractivity contribution >= 4 is 6.29 Å². The minimum atomic E-state index is -0.338. The molecule has 0 atom stereocenters. The summed E-state index contributed by atoms with van der Waals surface area (Å²) < 4.78 is 13.6.